The number of allylic oxidation sites excluding steroid dienone is 1. The van der Waals surface area contributed by atoms with Crippen LogP contribution in [0.5, 0.6) is 0 Å². The number of anilines is 1. The molecule has 0 atom stereocenters. The van der Waals surface area contributed by atoms with Gasteiger partial charge in [-0.25, -0.2) is 9.97 Å². The highest BCUT2D eigenvalue weighted by Gasteiger charge is 2.28. The van der Waals surface area contributed by atoms with Crippen molar-refractivity contribution in [2.45, 2.75) is 38.6 Å². The van der Waals surface area contributed by atoms with Crippen LogP contribution in [0.15, 0.2) is 17.8 Å². The van der Waals surface area contributed by atoms with Crippen LogP contribution < -0.4 is 5.73 Å². The van der Waals surface area contributed by atoms with E-state index in [0.29, 0.717) is 12.1 Å². The number of hydrogen-bond donors (Lipinski definition) is 1. The average Bonchev–Trinajstić information content (AvgIpc) is 2.74. The van der Waals surface area contributed by atoms with Crippen LogP contribution in [0.4, 0.5) is 5.95 Å². The lowest BCUT2D eigenvalue weighted by Crippen LogP contribution is -2.25. The van der Waals surface area contributed by atoms with Crippen molar-refractivity contribution in [2.75, 3.05) is 12.3 Å². The van der Waals surface area contributed by atoms with Crippen molar-refractivity contribution in [3.63, 3.8) is 0 Å². The van der Waals surface area contributed by atoms with Gasteiger partial charge in [0, 0.05) is 12.7 Å². The van der Waals surface area contributed by atoms with Crippen molar-refractivity contribution in [3.8, 4) is 0 Å². The molecule has 0 aromatic carbocycles. The second kappa shape index (κ2) is 4.99. The molecule has 0 fully saturated rings. The van der Waals surface area contributed by atoms with Crippen LogP contribution in [0.3, 0.4) is 0 Å². The molecule has 100 valence electrons. The Labute approximate surface area is 112 Å². The van der Waals surface area contributed by atoms with Gasteiger partial charge in [-0.05, 0) is 32.1 Å². The number of aromatic nitrogens is 2. The first-order valence-electron chi connectivity index (χ1n) is 6.82. The van der Waals surface area contributed by atoms with E-state index in [-0.39, 0.29) is 11.9 Å². The monoisotopic (exact) mass is 258 g/mol. The highest BCUT2D eigenvalue weighted by molar-refractivity contribution is 5.97. The topological polar surface area (TPSA) is 72.1 Å². The summed E-state index contributed by atoms with van der Waals surface area (Å²) in [5.74, 6) is 0.273. The fourth-order valence-electron chi connectivity index (χ4n) is 2.75. The summed E-state index contributed by atoms with van der Waals surface area (Å²) in [6, 6.07) is 0. The normalized spacial score (nSPS) is 18.4. The molecule has 0 bridgehead atoms. The van der Waals surface area contributed by atoms with Crippen molar-refractivity contribution in [1.82, 2.24) is 14.9 Å². The quantitative estimate of drug-likeness (QED) is 0.840. The second-order valence-corrected chi connectivity index (χ2v) is 5.17. The standard InChI is InChI=1S/C14H18N4O/c15-14-16-8-11-12(17-14)9-18(13(11)19)7-6-10-4-2-1-3-5-10/h4,8H,1-3,5-7,9H2,(H2,15,16,17). The Hall–Kier alpha value is -1.91. The van der Waals surface area contributed by atoms with Gasteiger partial charge in [0.1, 0.15) is 0 Å². The third-order valence-electron chi connectivity index (χ3n) is 3.83. The molecular weight excluding hydrogens is 240 g/mol. The molecule has 2 heterocycles. The molecule has 1 aromatic rings. The first-order chi connectivity index (χ1) is 9.24. The van der Waals surface area contributed by atoms with Gasteiger partial charge in [0.25, 0.3) is 5.91 Å². The molecule has 5 nitrogen and oxygen atoms in total. The third kappa shape index (κ3) is 2.45. The summed E-state index contributed by atoms with van der Waals surface area (Å²) in [6.07, 6.45) is 9.79. The van der Waals surface area contributed by atoms with E-state index in [1.165, 1.54) is 31.3 Å². The maximum atomic E-state index is 12.2. The number of carbonyl (C=O) groups is 1. The zero-order chi connectivity index (χ0) is 13.2. The molecule has 0 saturated heterocycles. The summed E-state index contributed by atoms with van der Waals surface area (Å²) < 4.78 is 0. The Morgan fingerprint density at radius 1 is 1.37 bits per heavy atom. The lowest BCUT2D eigenvalue weighted by Gasteiger charge is -2.18. The van der Waals surface area contributed by atoms with Crippen LogP contribution >= 0.6 is 0 Å². The van der Waals surface area contributed by atoms with Crippen molar-refractivity contribution in [2.24, 2.45) is 0 Å². The lowest BCUT2D eigenvalue weighted by atomic mass is 9.97. The molecule has 1 aliphatic carbocycles. The molecule has 5 heteroatoms. The van der Waals surface area contributed by atoms with Gasteiger partial charge in [0.15, 0.2) is 0 Å². The van der Waals surface area contributed by atoms with E-state index in [1.54, 1.807) is 6.20 Å². The highest BCUT2D eigenvalue weighted by Crippen LogP contribution is 2.24. The highest BCUT2D eigenvalue weighted by atomic mass is 16.2. The van der Waals surface area contributed by atoms with Crippen LogP contribution in [-0.4, -0.2) is 27.3 Å². The minimum absolute atomic E-state index is 0.0337. The number of amides is 1. The number of nitrogens with zero attached hydrogens (tertiary/aromatic N) is 3. The maximum Gasteiger partial charge on any atom is 0.257 e. The lowest BCUT2D eigenvalue weighted by molar-refractivity contribution is 0.0779. The Morgan fingerprint density at radius 2 is 2.26 bits per heavy atom. The molecule has 0 radical (unpaired) electrons. The Bertz CT molecular complexity index is 538. The molecule has 19 heavy (non-hydrogen) atoms. The first-order valence-corrected chi connectivity index (χ1v) is 6.82. The molecule has 2 aliphatic rings. The van der Waals surface area contributed by atoms with Gasteiger partial charge in [0.05, 0.1) is 17.8 Å². The van der Waals surface area contributed by atoms with Crippen LogP contribution in [0.2, 0.25) is 0 Å². The van der Waals surface area contributed by atoms with Crippen molar-refractivity contribution in [1.29, 1.82) is 0 Å². The summed E-state index contributed by atoms with van der Waals surface area (Å²) >= 11 is 0. The molecule has 3 rings (SSSR count). The first kappa shape index (κ1) is 12.1. The average molecular weight is 258 g/mol. The second-order valence-electron chi connectivity index (χ2n) is 5.17. The number of fused-ring (bicyclic) bond motifs is 1. The summed E-state index contributed by atoms with van der Waals surface area (Å²) in [5.41, 5.74) is 8.40. The molecule has 1 aromatic heterocycles. The van der Waals surface area contributed by atoms with Gasteiger partial charge in [-0.2, -0.15) is 0 Å². The van der Waals surface area contributed by atoms with Gasteiger partial charge in [-0.3, -0.25) is 4.79 Å². The molecule has 1 amide bonds. The van der Waals surface area contributed by atoms with Gasteiger partial charge >= 0.3 is 0 Å². The zero-order valence-corrected chi connectivity index (χ0v) is 10.9. The molecule has 2 N–H and O–H groups in total. The maximum absolute atomic E-state index is 12.2. The SMILES string of the molecule is Nc1ncc2c(n1)CN(CCC1=CCCCC1)C2=O. The largest absolute Gasteiger partial charge is 0.368 e. The number of rotatable bonds is 3. The van der Waals surface area contributed by atoms with E-state index < -0.39 is 0 Å². The van der Waals surface area contributed by atoms with Crippen LogP contribution in [0.25, 0.3) is 0 Å². The van der Waals surface area contributed by atoms with Gasteiger partial charge in [0.2, 0.25) is 5.95 Å². The van der Waals surface area contributed by atoms with E-state index >= 15 is 0 Å². The fraction of sp³-hybridized carbons (Fsp3) is 0.500. The third-order valence-corrected chi connectivity index (χ3v) is 3.83. The number of hydrogen-bond acceptors (Lipinski definition) is 4. The summed E-state index contributed by atoms with van der Waals surface area (Å²) in [7, 11) is 0. The molecular formula is C14H18N4O. The number of carbonyl (C=O) groups excluding carboxylic acids is 1. The number of nitrogen functional groups attached to an aromatic ring is 1. The van der Waals surface area contributed by atoms with Crippen molar-refractivity contribution >= 4 is 11.9 Å². The van der Waals surface area contributed by atoms with Gasteiger partial charge in [-0.1, -0.05) is 11.6 Å². The minimum Gasteiger partial charge on any atom is -0.368 e. The summed E-state index contributed by atoms with van der Waals surface area (Å²) in [6.45, 7) is 1.33. The smallest absolute Gasteiger partial charge is 0.257 e. The van der Waals surface area contributed by atoms with E-state index in [0.717, 1.165) is 18.7 Å². The van der Waals surface area contributed by atoms with E-state index in [4.69, 9.17) is 5.73 Å². The predicted octanol–water partition coefficient (Wildman–Crippen LogP) is 1.91. The Kier molecular flexibility index (Phi) is 3.19. The van der Waals surface area contributed by atoms with Crippen LogP contribution in [-0.2, 0) is 6.54 Å². The molecule has 0 saturated carbocycles. The number of nitrogens with two attached hydrogens (primary N) is 1. The van der Waals surface area contributed by atoms with Gasteiger partial charge < -0.3 is 10.6 Å². The molecule has 0 unspecified atom stereocenters. The van der Waals surface area contributed by atoms with Crippen LogP contribution in [0.1, 0.15) is 48.2 Å². The molecule has 1 aliphatic heterocycles. The Balaban J connectivity index is 1.65. The predicted molar refractivity (Wildman–Crippen MR) is 72.4 cm³/mol. The van der Waals surface area contributed by atoms with Crippen LogP contribution in [0, 0.1) is 0 Å². The molecule has 0 spiro atoms. The fourth-order valence-corrected chi connectivity index (χ4v) is 2.75. The summed E-state index contributed by atoms with van der Waals surface area (Å²) in [5, 5.41) is 0. The van der Waals surface area contributed by atoms with E-state index in [9.17, 15) is 4.79 Å². The zero-order valence-electron chi connectivity index (χ0n) is 10.9. The Morgan fingerprint density at radius 3 is 3.05 bits per heavy atom. The van der Waals surface area contributed by atoms with Crippen molar-refractivity contribution < 1.29 is 4.79 Å². The van der Waals surface area contributed by atoms with E-state index in [2.05, 4.69) is 16.0 Å². The minimum atomic E-state index is 0.0337. The van der Waals surface area contributed by atoms with E-state index in [1.807, 2.05) is 4.90 Å². The van der Waals surface area contributed by atoms with Gasteiger partial charge in [-0.15, -0.1) is 0 Å². The van der Waals surface area contributed by atoms with Crippen molar-refractivity contribution in [3.05, 3.63) is 29.1 Å². The summed E-state index contributed by atoms with van der Waals surface area (Å²) in [4.78, 5) is 22.0.